The highest BCUT2D eigenvalue weighted by atomic mass is 32.1. The number of allylic oxidation sites excluding steroid dienone is 4. The summed E-state index contributed by atoms with van der Waals surface area (Å²) in [6.07, 6.45) is 16.1. The van der Waals surface area contributed by atoms with Crippen LogP contribution >= 0.6 is 12.2 Å². The van der Waals surface area contributed by atoms with Crippen molar-refractivity contribution in [3.8, 4) is 22.5 Å². The van der Waals surface area contributed by atoms with Crippen LogP contribution in [-0.2, 0) is 9.47 Å². The molecule has 0 saturated heterocycles. The van der Waals surface area contributed by atoms with Gasteiger partial charge in [0.1, 0.15) is 23.2 Å². The first kappa shape index (κ1) is 26.4. The molecule has 8 nitrogen and oxygen atoms in total. The van der Waals surface area contributed by atoms with E-state index < -0.39 is 0 Å². The Morgan fingerprint density at radius 3 is 2.72 bits per heavy atom. The van der Waals surface area contributed by atoms with Gasteiger partial charge in [-0.2, -0.15) is 5.10 Å². The van der Waals surface area contributed by atoms with E-state index in [1.54, 1.807) is 12.5 Å². The standard InChI is InChI=1S/C34H26N6O2S/c43-33(24-10-3-1-4-11-24)36-26-13-9-12-25(22-26)32-31(29-16-7-8-19-39(29)38-32)28-17-18-35-34(37-28)40(27-14-5-2-6-15-27)30-23-41-20-21-42-30/h1-5,7-14,16-23H,6,15H2,(H,36,43). The van der Waals surface area contributed by atoms with Gasteiger partial charge in [0.25, 0.3) is 0 Å². The fourth-order valence-corrected chi connectivity index (χ4v) is 5.34. The molecule has 3 aromatic heterocycles. The Labute approximate surface area is 253 Å². The van der Waals surface area contributed by atoms with Gasteiger partial charge in [-0.05, 0) is 49.2 Å². The molecule has 1 aliphatic carbocycles. The van der Waals surface area contributed by atoms with Gasteiger partial charge in [-0.15, -0.1) is 0 Å². The summed E-state index contributed by atoms with van der Waals surface area (Å²) in [5.41, 5.74) is 7.07. The SMILES string of the molecule is S=C(Nc1cccc(-c2nn3ccccc3c2-c2ccnc(N(C3=CC=CCC3)C3=COC=CO3)n2)c1)c1ccccc1. The van der Waals surface area contributed by atoms with Gasteiger partial charge in [-0.3, -0.25) is 0 Å². The van der Waals surface area contributed by atoms with Crippen LogP contribution in [-0.4, -0.2) is 24.6 Å². The minimum absolute atomic E-state index is 0.467. The Kier molecular flexibility index (Phi) is 7.21. The summed E-state index contributed by atoms with van der Waals surface area (Å²) in [6.45, 7) is 0. The smallest absolute Gasteiger partial charge is 0.242 e. The molecular weight excluding hydrogens is 556 g/mol. The number of benzene rings is 2. The average Bonchev–Trinajstić information content (AvgIpc) is 3.47. The molecule has 43 heavy (non-hydrogen) atoms. The summed E-state index contributed by atoms with van der Waals surface area (Å²) in [5, 5.41) is 8.36. The van der Waals surface area contributed by atoms with Gasteiger partial charge < -0.3 is 14.8 Å². The van der Waals surface area contributed by atoms with Crippen LogP contribution in [0.2, 0.25) is 0 Å². The Balaban J connectivity index is 1.31. The molecule has 0 bridgehead atoms. The van der Waals surface area contributed by atoms with Crippen molar-refractivity contribution in [2.75, 3.05) is 10.2 Å². The topological polar surface area (TPSA) is 76.8 Å². The summed E-state index contributed by atoms with van der Waals surface area (Å²) in [7, 11) is 0. The van der Waals surface area contributed by atoms with Crippen molar-refractivity contribution in [3.05, 3.63) is 145 Å². The van der Waals surface area contributed by atoms with E-state index in [2.05, 4.69) is 22.4 Å². The third-order valence-electron chi connectivity index (χ3n) is 7.06. The highest BCUT2D eigenvalue weighted by Gasteiger charge is 2.25. The van der Waals surface area contributed by atoms with Crippen molar-refractivity contribution in [2.45, 2.75) is 12.8 Å². The van der Waals surface area contributed by atoms with Crippen molar-refractivity contribution in [1.82, 2.24) is 19.6 Å². The molecular formula is C34H26N6O2S. The van der Waals surface area contributed by atoms with E-state index >= 15 is 0 Å². The van der Waals surface area contributed by atoms with E-state index in [9.17, 15) is 0 Å². The van der Waals surface area contributed by atoms with Crippen molar-refractivity contribution in [1.29, 1.82) is 0 Å². The van der Waals surface area contributed by atoms with Gasteiger partial charge in [0.15, 0.2) is 6.26 Å². The third kappa shape index (κ3) is 5.41. The van der Waals surface area contributed by atoms with Crippen molar-refractivity contribution in [2.24, 2.45) is 0 Å². The number of pyridine rings is 1. The van der Waals surface area contributed by atoms with Gasteiger partial charge in [0.05, 0.1) is 16.8 Å². The Morgan fingerprint density at radius 1 is 0.977 bits per heavy atom. The highest BCUT2D eigenvalue weighted by Crippen LogP contribution is 2.37. The number of nitrogens with one attached hydrogen (secondary N) is 1. The molecule has 0 saturated carbocycles. The molecule has 1 aliphatic heterocycles. The number of thiocarbonyl (C=S) groups is 1. The maximum Gasteiger partial charge on any atom is 0.242 e. The number of hydrogen-bond donors (Lipinski definition) is 1. The largest absolute Gasteiger partial charge is 0.464 e. The molecule has 0 unspecified atom stereocenters. The van der Waals surface area contributed by atoms with Crippen LogP contribution in [0.1, 0.15) is 18.4 Å². The predicted octanol–water partition coefficient (Wildman–Crippen LogP) is 7.60. The number of ether oxygens (including phenoxy) is 2. The lowest BCUT2D eigenvalue weighted by Crippen LogP contribution is -2.26. The third-order valence-corrected chi connectivity index (χ3v) is 7.40. The van der Waals surface area contributed by atoms with E-state index in [1.807, 2.05) is 101 Å². The minimum atomic E-state index is 0.467. The fraction of sp³-hybridized carbons (Fsp3) is 0.0588. The number of nitrogens with zero attached hydrogens (tertiary/aromatic N) is 5. The average molecular weight is 583 g/mol. The monoisotopic (exact) mass is 582 g/mol. The lowest BCUT2D eigenvalue weighted by Gasteiger charge is -2.28. The zero-order chi connectivity index (χ0) is 29.0. The fourth-order valence-electron chi connectivity index (χ4n) is 5.09. The number of fused-ring (bicyclic) bond motifs is 1. The molecule has 0 radical (unpaired) electrons. The van der Waals surface area contributed by atoms with Crippen molar-refractivity contribution >= 4 is 34.4 Å². The summed E-state index contributed by atoms with van der Waals surface area (Å²) in [4.78, 5) is 12.3. The maximum absolute atomic E-state index is 5.82. The van der Waals surface area contributed by atoms with Crippen LogP contribution in [0.5, 0.6) is 0 Å². The molecule has 2 aliphatic rings. The van der Waals surface area contributed by atoms with E-state index in [-0.39, 0.29) is 0 Å². The molecule has 7 rings (SSSR count). The maximum atomic E-state index is 5.82. The van der Waals surface area contributed by atoms with E-state index in [0.717, 1.165) is 57.8 Å². The lowest BCUT2D eigenvalue weighted by molar-refractivity contribution is 0.250. The second-order valence-corrected chi connectivity index (χ2v) is 10.2. The van der Waals surface area contributed by atoms with Crippen molar-refractivity contribution < 1.29 is 9.47 Å². The quantitative estimate of drug-likeness (QED) is 0.197. The number of hydrogen-bond acceptors (Lipinski definition) is 7. The van der Waals surface area contributed by atoms with Gasteiger partial charge in [0, 0.05) is 34.9 Å². The summed E-state index contributed by atoms with van der Waals surface area (Å²) in [5.74, 6) is 0.948. The van der Waals surface area contributed by atoms with Gasteiger partial charge in [-0.1, -0.05) is 72.9 Å². The zero-order valence-electron chi connectivity index (χ0n) is 23.0. The second-order valence-electron chi connectivity index (χ2n) is 9.84. The van der Waals surface area contributed by atoms with Gasteiger partial charge >= 0.3 is 0 Å². The minimum Gasteiger partial charge on any atom is -0.464 e. The number of aromatic nitrogens is 4. The normalized spacial score (nSPS) is 14.0. The molecule has 0 amide bonds. The summed E-state index contributed by atoms with van der Waals surface area (Å²) < 4.78 is 13.1. The Bertz CT molecular complexity index is 1940. The van der Waals surface area contributed by atoms with Crippen LogP contribution in [0.4, 0.5) is 11.6 Å². The molecule has 9 heteroatoms. The van der Waals surface area contributed by atoms with E-state index in [1.165, 1.54) is 12.5 Å². The summed E-state index contributed by atoms with van der Waals surface area (Å²) in [6, 6.07) is 25.9. The first-order valence-corrected chi connectivity index (χ1v) is 14.3. The van der Waals surface area contributed by atoms with Gasteiger partial charge in [0.2, 0.25) is 11.8 Å². The van der Waals surface area contributed by atoms with Crippen LogP contribution in [0.3, 0.4) is 0 Å². The second kappa shape index (κ2) is 11.8. The van der Waals surface area contributed by atoms with Gasteiger partial charge in [-0.25, -0.2) is 19.4 Å². The molecule has 4 heterocycles. The number of rotatable bonds is 7. The first-order valence-electron chi connectivity index (χ1n) is 13.9. The Hall–Kier alpha value is -5.54. The van der Waals surface area contributed by atoms with E-state index in [4.69, 9.17) is 31.8 Å². The van der Waals surface area contributed by atoms with Crippen LogP contribution in [0, 0.1) is 0 Å². The van der Waals surface area contributed by atoms with E-state index in [0.29, 0.717) is 16.8 Å². The highest BCUT2D eigenvalue weighted by molar-refractivity contribution is 7.81. The molecule has 5 aromatic rings. The molecule has 0 fully saturated rings. The predicted molar refractivity (Wildman–Crippen MR) is 172 cm³/mol. The Morgan fingerprint density at radius 2 is 1.88 bits per heavy atom. The van der Waals surface area contributed by atoms with Crippen LogP contribution in [0.15, 0.2) is 140 Å². The van der Waals surface area contributed by atoms with Crippen molar-refractivity contribution in [3.63, 3.8) is 0 Å². The molecule has 210 valence electrons. The summed E-state index contributed by atoms with van der Waals surface area (Å²) >= 11 is 5.67. The molecule has 2 aromatic carbocycles. The molecule has 0 spiro atoms. The molecule has 1 N–H and O–H groups in total. The zero-order valence-corrected chi connectivity index (χ0v) is 23.8. The lowest BCUT2D eigenvalue weighted by atomic mass is 10.0. The molecule has 0 atom stereocenters. The number of anilines is 2. The first-order chi connectivity index (χ1) is 21.2. The van der Waals surface area contributed by atoms with Crippen LogP contribution in [0.25, 0.3) is 28.0 Å². The van der Waals surface area contributed by atoms with Crippen LogP contribution < -0.4 is 10.2 Å².